The molecule has 1 aromatic carbocycles. The lowest BCUT2D eigenvalue weighted by atomic mass is 9.87. The molecule has 0 saturated heterocycles. The van der Waals surface area contributed by atoms with Crippen LogP contribution in [0.1, 0.15) is 27.2 Å². The first-order valence-corrected chi connectivity index (χ1v) is 8.07. The smallest absolute Gasteiger partial charge is 0.244 e. The van der Waals surface area contributed by atoms with Crippen molar-refractivity contribution in [2.24, 2.45) is 5.41 Å². The summed E-state index contributed by atoms with van der Waals surface area (Å²) >= 11 is 0. The molecule has 0 aliphatic heterocycles. The van der Waals surface area contributed by atoms with E-state index in [1.807, 2.05) is 20.8 Å². The van der Waals surface area contributed by atoms with Gasteiger partial charge in [-0.2, -0.15) is 0 Å². The zero-order valence-corrected chi connectivity index (χ0v) is 13.5. The first-order chi connectivity index (χ1) is 9.58. The highest BCUT2D eigenvalue weighted by atomic mass is 32.2. The molecular formula is C14H22FNO4S. The molecular weight excluding hydrogens is 297 g/mol. The van der Waals surface area contributed by atoms with Crippen LogP contribution in [0.5, 0.6) is 5.75 Å². The molecule has 2 N–H and O–H groups in total. The molecule has 0 bridgehead atoms. The Morgan fingerprint density at radius 3 is 2.52 bits per heavy atom. The van der Waals surface area contributed by atoms with Gasteiger partial charge >= 0.3 is 0 Å². The Balaban J connectivity index is 2.81. The second-order valence-electron chi connectivity index (χ2n) is 5.86. The molecule has 1 atom stereocenters. The number of methoxy groups -OCH3 is 1. The lowest BCUT2D eigenvalue weighted by Crippen LogP contribution is -2.32. The minimum Gasteiger partial charge on any atom is -0.495 e. The first kappa shape index (κ1) is 17.9. The van der Waals surface area contributed by atoms with E-state index in [4.69, 9.17) is 4.74 Å². The van der Waals surface area contributed by atoms with Crippen molar-refractivity contribution in [2.45, 2.75) is 38.2 Å². The van der Waals surface area contributed by atoms with Gasteiger partial charge in [-0.3, -0.25) is 0 Å². The average molecular weight is 319 g/mol. The fourth-order valence-corrected chi connectivity index (χ4v) is 2.93. The summed E-state index contributed by atoms with van der Waals surface area (Å²) in [4.78, 5) is -0.254. The van der Waals surface area contributed by atoms with E-state index in [1.54, 1.807) is 0 Å². The third-order valence-electron chi connectivity index (χ3n) is 3.12. The van der Waals surface area contributed by atoms with Crippen molar-refractivity contribution in [1.82, 2.24) is 4.72 Å². The second kappa shape index (κ2) is 6.72. The number of sulfonamides is 1. The molecule has 120 valence electrons. The average Bonchev–Trinajstić information content (AvgIpc) is 2.37. The van der Waals surface area contributed by atoms with Gasteiger partial charge in [0.1, 0.15) is 16.5 Å². The molecule has 0 aliphatic carbocycles. The van der Waals surface area contributed by atoms with E-state index in [0.717, 1.165) is 12.1 Å². The van der Waals surface area contributed by atoms with Crippen molar-refractivity contribution in [3.63, 3.8) is 0 Å². The molecule has 0 aliphatic rings. The number of hydrogen-bond acceptors (Lipinski definition) is 4. The molecule has 1 unspecified atom stereocenters. The molecule has 1 rings (SSSR count). The number of benzene rings is 1. The minimum atomic E-state index is -3.89. The molecule has 0 spiro atoms. The van der Waals surface area contributed by atoms with E-state index in [1.165, 1.54) is 13.2 Å². The molecule has 21 heavy (non-hydrogen) atoms. The van der Waals surface area contributed by atoms with Crippen molar-refractivity contribution >= 4 is 10.0 Å². The summed E-state index contributed by atoms with van der Waals surface area (Å²) in [5, 5.41) is 9.88. The third kappa shape index (κ3) is 4.94. The largest absolute Gasteiger partial charge is 0.495 e. The van der Waals surface area contributed by atoms with Crippen LogP contribution < -0.4 is 9.46 Å². The van der Waals surface area contributed by atoms with Crippen LogP contribution in [0.3, 0.4) is 0 Å². The first-order valence-electron chi connectivity index (χ1n) is 6.59. The SMILES string of the molecule is COc1ccc(F)cc1S(=O)(=O)NCCC(O)C(C)(C)C. The summed E-state index contributed by atoms with van der Waals surface area (Å²) in [5.74, 6) is -0.592. The maximum Gasteiger partial charge on any atom is 0.244 e. The number of ether oxygens (including phenoxy) is 1. The van der Waals surface area contributed by atoms with E-state index in [2.05, 4.69) is 4.72 Å². The topological polar surface area (TPSA) is 75.6 Å². The summed E-state index contributed by atoms with van der Waals surface area (Å²) in [5.41, 5.74) is -0.331. The van der Waals surface area contributed by atoms with E-state index < -0.39 is 21.9 Å². The van der Waals surface area contributed by atoms with Crippen LogP contribution in [0.2, 0.25) is 0 Å². The molecule has 0 aromatic heterocycles. The molecule has 0 radical (unpaired) electrons. The van der Waals surface area contributed by atoms with Gasteiger partial charge in [-0.1, -0.05) is 20.8 Å². The van der Waals surface area contributed by atoms with Crippen LogP contribution in [-0.4, -0.2) is 33.3 Å². The van der Waals surface area contributed by atoms with Crippen LogP contribution >= 0.6 is 0 Å². The predicted molar refractivity (Wildman–Crippen MR) is 78.2 cm³/mol. The molecule has 5 nitrogen and oxygen atoms in total. The fourth-order valence-electron chi connectivity index (χ4n) is 1.70. The maximum absolute atomic E-state index is 13.2. The van der Waals surface area contributed by atoms with Crippen LogP contribution in [0.4, 0.5) is 4.39 Å². The Labute approximate surface area is 125 Å². The normalized spacial score (nSPS) is 14.0. The highest BCUT2D eigenvalue weighted by molar-refractivity contribution is 7.89. The van der Waals surface area contributed by atoms with Crippen LogP contribution in [0.15, 0.2) is 23.1 Å². The van der Waals surface area contributed by atoms with Gasteiger partial charge in [0.25, 0.3) is 0 Å². The molecule has 1 aromatic rings. The molecule has 0 amide bonds. The van der Waals surface area contributed by atoms with Gasteiger partial charge in [0.2, 0.25) is 10.0 Å². The minimum absolute atomic E-state index is 0.0560. The number of halogens is 1. The lowest BCUT2D eigenvalue weighted by Gasteiger charge is -2.25. The Hall–Kier alpha value is -1.18. The van der Waals surface area contributed by atoms with Gasteiger partial charge in [-0.25, -0.2) is 17.5 Å². The number of rotatable bonds is 6. The number of aliphatic hydroxyl groups is 1. The molecule has 7 heteroatoms. The quantitative estimate of drug-likeness (QED) is 0.840. The summed E-state index contributed by atoms with van der Waals surface area (Å²) in [7, 11) is -2.58. The van der Waals surface area contributed by atoms with Gasteiger partial charge in [-0.05, 0) is 30.0 Å². The highest BCUT2D eigenvalue weighted by Gasteiger charge is 2.24. The standard InChI is InChI=1S/C14H22FNO4S/c1-14(2,3)13(17)7-8-16-21(18,19)12-9-10(15)5-6-11(12)20-4/h5-6,9,13,16-17H,7-8H2,1-4H3. The predicted octanol–water partition coefficient (Wildman–Crippen LogP) is 1.91. The number of aliphatic hydroxyl groups excluding tert-OH is 1. The number of hydrogen-bond donors (Lipinski definition) is 2. The highest BCUT2D eigenvalue weighted by Crippen LogP contribution is 2.25. The van der Waals surface area contributed by atoms with Gasteiger partial charge in [0.05, 0.1) is 13.2 Å². The van der Waals surface area contributed by atoms with E-state index in [-0.39, 0.29) is 29.0 Å². The van der Waals surface area contributed by atoms with Gasteiger partial charge in [0, 0.05) is 6.54 Å². The summed E-state index contributed by atoms with van der Waals surface area (Å²) in [6.45, 7) is 5.64. The second-order valence-corrected chi connectivity index (χ2v) is 7.60. The van der Waals surface area contributed by atoms with E-state index in [0.29, 0.717) is 0 Å². The van der Waals surface area contributed by atoms with Crippen molar-refractivity contribution in [3.8, 4) is 5.75 Å². The number of nitrogens with one attached hydrogen (secondary N) is 1. The van der Waals surface area contributed by atoms with Crippen molar-refractivity contribution in [1.29, 1.82) is 0 Å². The molecule has 0 heterocycles. The summed E-state index contributed by atoms with van der Waals surface area (Å²) < 4.78 is 44.8. The van der Waals surface area contributed by atoms with Crippen LogP contribution in [-0.2, 0) is 10.0 Å². The Bertz CT molecular complexity index is 581. The van der Waals surface area contributed by atoms with E-state index >= 15 is 0 Å². The van der Waals surface area contributed by atoms with E-state index in [9.17, 15) is 17.9 Å². The van der Waals surface area contributed by atoms with Gasteiger partial charge in [-0.15, -0.1) is 0 Å². The van der Waals surface area contributed by atoms with Gasteiger partial charge < -0.3 is 9.84 Å². The van der Waals surface area contributed by atoms with Crippen molar-refractivity contribution in [3.05, 3.63) is 24.0 Å². The Morgan fingerprint density at radius 1 is 1.38 bits per heavy atom. The van der Waals surface area contributed by atoms with Gasteiger partial charge in [0.15, 0.2) is 0 Å². The fraction of sp³-hybridized carbons (Fsp3) is 0.571. The van der Waals surface area contributed by atoms with Crippen molar-refractivity contribution < 1.29 is 22.7 Å². The zero-order valence-electron chi connectivity index (χ0n) is 12.7. The third-order valence-corrected chi connectivity index (χ3v) is 4.61. The molecule has 0 fully saturated rings. The Morgan fingerprint density at radius 2 is 2.00 bits per heavy atom. The maximum atomic E-state index is 13.2. The lowest BCUT2D eigenvalue weighted by molar-refractivity contribution is 0.0571. The zero-order chi connectivity index (χ0) is 16.3. The van der Waals surface area contributed by atoms with Crippen LogP contribution in [0, 0.1) is 11.2 Å². The Kier molecular flexibility index (Phi) is 5.72. The molecule has 0 saturated carbocycles. The van der Waals surface area contributed by atoms with Crippen molar-refractivity contribution in [2.75, 3.05) is 13.7 Å². The summed E-state index contributed by atoms with van der Waals surface area (Å²) in [6, 6.07) is 3.29. The summed E-state index contributed by atoms with van der Waals surface area (Å²) in [6.07, 6.45) is -0.380. The monoisotopic (exact) mass is 319 g/mol. The van der Waals surface area contributed by atoms with Crippen LogP contribution in [0.25, 0.3) is 0 Å².